The summed E-state index contributed by atoms with van der Waals surface area (Å²) in [5.41, 5.74) is 0.537. The fourth-order valence-corrected chi connectivity index (χ4v) is 1.09. The summed E-state index contributed by atoms with van der Waals surface area (Å²) >= 11 is 0. The van der Waals surface area contributed by atoms with Gasteiger partial charge < -0.3 is 15.2 Å². The van der Waals surface area contributed by atoms with Gasteiger partial charge in [-0.1, -0.05) is 0 Å². The smallest absolute Gasteiger partial charge is 0.305 e. The van der Waals surface area contributed by atoms with Crippen LogP contribution >= 0.6 is 0 Å². The van der Waals surface area contributed by atoms with Gasteiger partial charge in [0.15, 0.2) is 11.6 Å². The van der Waals surface area contributed by atoms with Gasteiger partial charge in [-0.05, 0) is 12.1 Å². The Morgan fingerprint density at radius 1 is 1.60 bits per heavy atom. The summed E-state index contributed by atoms with van der Waals surface area (Å²) in [6.07, 6.45) is -0.00630. The largest absolute Gasteiger partial charge is 0.494 e. The van der Waals surface area contributed by atoms with E-state index in [1.165, 1.54) is 19.2 Å². The highest BCUT2D eigenvalue weighted by Crippen LogP contribution is 2.20. The van der Waals surface area contributed by atoms with Crippen LogP contribution in [0.5, 0.6) is 5.75 Å². The number of ether oxygens (including phenoxy) is 1. The van der Waals surface area contributed by atoms with Crippen molar-refractivity contribution in [2.24, 2.45) is 0 Å². The lowest BCUT2D eigenvalue weighted by atomic mass is 10.3. The number of benzene rings is 1. The van der Waals surface area contributed by atoms with Crippen LogP contribution in [0.25, 0.3) is 0 Å². The van der Waals surface area contributed by atoms with Crippen molar-refractivity contribution in [3.05, 3.63) is 24.0 Å². The van der Waals surface area contributed by atoms with Crippen molar-refractivity contribution in [3.8, 4) is 5.75 Å². The number of halogens is 1. The normalized spacial score (nSPS) is 9.73. The molecule has 82 valence electrons. The maximum Gasteiger partial charge on any atom is 0.305 e. The number of anilines is 1. The van der Waals surface area contributed by atoms with E-state index in [4.69, 9.17) is 9.84 Å². The second-order valence-electron chi connectivity index (χ2n) is 2.92. The maximum absolute atomic E-state index is 13.2. The Morgan fingerprint density at radius 2 is 2.33 bits per heavy atom. The first kappa shape index (κ1) is 11.3. The van der Waals surface area contributed by atoms with E-state index < -0.39 is 11.8 Å². The standard InChI is InChI=1S/C10H12FNO3/c1-15-9-3-2-7(6-8(9)11)12-5-4-10(13)14/h2-3,6,12H,4-5H2,1H3,(H,13,14). The number of rotatable bonds is 5. The highest BCUT2D eigenvalue weighted by atomic mass is 19.1. The van der Waals surface area contributed by atoms with E-state index in [-0.39, 0.29) is 18.7 Å². The highest BCUT2D eigenvalue weighted by Gasteiger charge is 2.03. The van der Waals surface area contributed by atoms with Crippen LogP contribution in [0, 0.1) is 5.82 Å². The van der Waals surface area contributed by atoms with Gasteiger partial charge >= 0.3 is 5.97 Å². The number of nitrogens with one attached hydrogen (secondary N) is 1. The Balaban J connectivity index is 2.55. The van der Waals surface area contributed by atoms with Gasteiger partial charge in [0.1, 0.15) is 0 Å². The molecule has 4 nitrogen and oxygen atoms in total. The molecule has 0 heterocycles. The summed E-state index contributed by atoms with van der Waals surface area (Å²) in [7, 11) is 1.38. The van der Waals surface area contributed by atoms with Crippen LogP contribution in [-0.4, -0.2) is 24.7 Å². The van der Waals surface area contributed by atoms with E-state index >= 15 is 0 Å². The van der Waals surface area contributed by atoms with Gasteiger partial charge in [-0.15, -0.1) is 0 Å². The first-order chi connectivity index (χ1) is 7.13. The van der Waals surface area contributed by atoms with E-state index in [0.717, 1.165) is 0 Å². The number of aliphatic carboxylic acids is 1. The molecule has 0 amide bonds. The zero-order valence-electron chi connectivity index (χ0n) is 8.29. The average molecular weight is 213 g/mol. The van der Waals surface area contributed by atoms with Gasteiger partial charge in [0.05, 0.1) is 13.5 Å². The molecular weight excluding hydrogens is 201 g/mol. The minimum Gasteiger partial charge on any atom is -0.494 e. The Labute approximate surface area is 86.7 Å². The van der Waals surface area contributed by atoms with Crippen LogP contribution in [-0.2, 0) is 4.79 Å². The van der Waals surface area contributed by atoms with Crippen LogP contribution < -0.4 is 10.1 Å². The molecule has 0 aliphatic carbocycles. The van der Waals surface area contributed by atoms with E-state index in [0.29, 0.717) is 5.69 Å². The van der Waals surface area contributed by atoms with Crippen molar-refractivity contribution in [2.45, 2.75) is 6.42 Å². The van der Waals surface area contributed by atoms with E-state index in [2.05, 4.69) is 5.32 Å². The Morgan fingerprint density at radius 3 is 2.87 bits per heavy atom. The molecule has 0 spiro atoms. The average Bonchev–Trinajstić information content (AvgIpc) is 2.17. The number of hydrogen-bond donors (Lipinski definition) is 2. The van der Waals surface area contributed by atoms with Crippen molar-refractivity contribution in [1.29, 1.82) is 0 Å². The van der Waals surface area contributed by atoms with Crippen LogP contribution in [0.3, 0.4) is 0 Å². The number of hydrogen-bond acceptors (Lipinski definition) is 3. The third kappa shape index (κ3) is 3.46. The van der Waals surface area contributed by atoms with Crippen molar-refractivity contribution in [2.75, 3.05) is 19.0 Å². The third-order valence-electron chi connectivity index (χ3n) is 1.82. The van der Waals surface area contributed by atoms with Gasteiger partial charge in [-0.3, -0.25) is 4.79 Å². The molecule has 0 aliphatic heterocycles. The number of methoxy groups -OCH3 is 1. The molecule has 0 aromatic heterocycles. The monoisotopic (exact) mass is 213 g/mol. The SMILES string of the molecule is COc1ccc(NCCC(=O)O)cc1F. The van der Waals surface area contributed by atoms with Crippen molar-refractivity contribution >= 4 is 11.7 Å². The predicted octanol–water partition coefficient (Wildman–Crippen LogP) is 1.72. The zero-order chi connectivity index (χ0) is 11.3. The lowest BCUT2D eigenvalue weighted by molar-refractivity contribution is -0.136. The van der Waals surface area contributed by atoms with Crippen molar-refractivity contribution in [1.82, 2.24) is 0 Å². The molecule has 5 heteroatoms. The zero-order valence-corrected chi connectivity index (χ0v) is 8.29. The Bertz CT molecular complexity index is 355. The van der Waals surface area contributed by atoms with Crippen LogP contribution in [0.4, 0.5) is 10.1 Å². The Hall–Kier alpha value is -1.78. The van der Waals surface area contributed by atoms with Gasteiger partial charge in [0.2, 0.25) is 0 Å². The predicted molar refractivity (Wildman–Crippen MR) is 53.7 cm³/mol. The van der Waals surface area contributed by atoms with Gasteiger partial charge in [-0.25, -0.2) is 4.39 Å². The van der Waals surface area contributed by atoms with E-state index in [1.54, 1.807) is 6.07 Å². The molecular formula is C10H12FNO3. The molecule has 1 rings (SSSR count). The molecule has 0 atom stereocenters. The first-order valence-corrected chi connectivity index (χ1v) is 4.42. The number of carboxylic acid groups (broad SMARTS) is 1. The second kappa shape index (κ2) is 5.19. The summed E-state index contributed by atoms with van der Waals surface area (Å²) in [5.74, 6) is -1.20. The van der Waals surface area contributed by atoms with Gasteiger partial charge in [-0.2, -0.15) is 0 Å². The molecule has 2 N–H and O–H groups in total. The van der Waals surface area contributed by atoms with Crippen LogP contribution in [0.1, 0.15) is 6.42 Å². The molecule has 0 fully saturated rings. The minimum atomic E-state index is -0.892. The van der Waals surface area contributed by atoms with Crippen LogP contribution in [0.2, 0.25) is 0 Å². The summed E-state index contributed by atoms with van der Waals surface area (Å²) in [5, 5.41) is 11.2. The van der Waals surface area contributed by atoms with Crippen molar-refractivity contribution in [3.63, 3.8) is 0 Å². The number of carbonyl (C=O) groups is 1. The molecule has 0 unspecified atom stereocenters. The lowest BCUT2D eigenvalue weighted by Gasteiger charge is -2.06. The molecule has 1 aromatic rings. The molecule has 0 bridgehead atoms. The summed E-state index contributed by atoms with van der Waals surface area (Å²) in [4.78, 5) is 10.2. The molecule has 0 saturated heterocycles. The first-order valence-electron chi connectivity index (χ1n) is 4.42. The minimum absolute atomic E-state index is 0.00630. The Kier molecular flexibility index (Phi) is 3.91. The van der Waals surface area contributed by atoms with Crippen molar-refractivity contribution < 1.29 is 19.0 Å². The molecule has 0 radical (unpaired) electrons. The quantitative estimate of drug-likeness (QED) is 0.781. The number of carboxylic acids is 1. The van der Waals surface area contributed by atoms with Gasteiger partial charge in [0.25, 0.3) is 0 Å². The summed E-state index contributed by atoms with van der Waals surface area (Å²) in [6.45, 7) is 0.265. The molecule has 1 aromatic carbocycles. The maximum atomic E-state index is 13.2. The highest BCUT2D eigenvalue weighted by molar-refractivity contribution is 5.67. The second-order valence-corrected chi connectivity index (χ2v) is 2.92. The fraction of sp³-hybridized carbons (Fsp3) is 0.300. The molecule has 15 heavy (non-hydrogen) atoms. The lowest BCUT2D eigenvalue weighted by Crippen LogP contribution is -2.07. The van der Waals surface area contributed by atoms with Gasteiger partial charge in [0, 0.05) is 18.3 Å². The summed E-state index contributed by atoms with van der Waals surface area (Å²) < 4.78 is 17.9. The summed E-state index contributed by atoms with van der Waals surface area (Å²) in [6, 6.07) is 4.38. The van der Waals surface area contributed by atoms with E-state index in [1.807, 2.05) is 0 Å². The third-order valence-corrected chi connectivity index (χ3v) is 1.82. The molecule has 0 saturated carbocycles. The van der Waals surface area contributed by atoms with E-state index in [9.17, 15) is 9.18 Å². The topological polar surface area (TPSA) is 58.6 Å². The fourth-order valence-electron chi connectivity index (χ4n) is 1.09. The molecule has 0 aliphatic rings. The van der Waals surface area contributed by atoms with Crippen LogP contribution in [0.15, 0.2) is 18.2 Å².